The summed E-state index contributed by atoms with van der Waals surface area (Å²) in [5.74, 6) is -0.201. The second-order valence-electron chi connectivity index (χ2n) is 10.1. The van der Waals surface area contributed by atoms with Crippen LogP contribution in [0.2, 0.25) is 20.3 Å². The number of aromatic amines is 1. The monoisotopic (exact) mass is 506 g/mol. The molecule has 2 heterocycles. The van der Waals surface area contributed by atoms with Crippen molar-refractivity contribution < 1.29 is 9.84 Å². The fourth-order valence-corrected chi connectivity index (χ4v) is 4.81. The average molecular weight is 506 g/mol. The number of nitrogens with one attached hydrogen (secondary N) is 1. The van der Waals surface area contributed by atoms with Crippen LogP contribution < -0.4 is 16.0 Å². The van der Waals surface area contributed by atoms with Crippen molar-refractivity contribution >= 4 is 70.3 Å². The minimum atomic E-state index is -0.907. The fourth-order valence-electron chi connectivity index (χ4n) is 4.26. The summed E-state index contributed by atoms with van der Waals surface area (Å²) < 4.78 is 6.57. The van der Waals surface area contributed by atoms with Crippen molar-refractivity contribution in [1.29, 1.82) is 5.26 Å². The Morgan fingerprint density at radius 1 is 1.11 bits per heavy atom. The Morgan fingerprint density at radius 2 is 1.69 bits per heavy atom. The number of aromatic nitrogens is 5. The van der Waals surface area contributed by atoms with Gasteiger partial charge in [-0.15, -0.1) is 15.3 Å². The summed E-state index contributed by atoms with van der Waals surface area (Å²) in [6.07, 6.45) is 1.26. The first kappa shape index (κ1) is 26.6. The van der Waals surface area contributed by atoms with E-state index in [0.717, 1.165) is 4.68 Å². The quantitative estimate of drug-likeness (QED) is 0.327. The Kier molecular flexibility index (Phi) is 7.25. The van der Waals surface area contributed by atoms with E-state index in [1.807, 2.05) is 4.98 Å². The third kappa shape index (κ3) is 5.63. The molecular weight excluding hydrogens is 488 g/mol. The Morgan fingerprint density at radius 3 is 2.20 bits per heavy atom. The van der Waals surface area contributed by atoms with Gasteiger partial charge in [0.2, 0.25) is 5.69 Å². The van der Waals surface area contributed by atoms with E-state index in [0.29, 0.717) is 5.69 Å². The molecule has 0 aliphatic carbocycles. The maximum Gasteiger partial charge on any atom is 0.349 e. The number of benzene rings is 1. The van der Waals surface area contributed by atoms with Gasteiger partial charge in [0.15, 0.2) is 11.5 Å². The second-order valence-corrected chi connectivity index (χ2v) is 10.9. The molecule has 1 aromatic carbocycles. The zero-order valence-electron chi connectivity index (χ0n) is 20.0. The van der Waals surface area contributed by atoms with Gasteiger partial charge in [-0.3, -0.25) is 9.78 Å². The number of nitriles is 1. The molecule has 3 rings (SSSR count). The number of rotatable bonds is 6. The van der Waals surface area contributed by atoms with E-state index in [4.69, 9.17) is 33.2 Å². The minimum absolute atomic E-state index is 0.00711. The van der Waals surface area contributed by atoms with E-state index in [1.54, 1.807) is 6.07 Å². The SMILES string of the molecule is BC(B)(B)C(c1nc(Oc2c(Cl)cc(-n3nc(C#N)c(=O)[nH]c3=O)cc2Cl)ncc1O)C(B)(B)B. The molecule has 0 amide bonds. The Hall–Kier alpha value is -3.03. The van der Waals surface area contributed by atoms with Gasteiger partial charge in [0.1, 0.15) is 6.07 Å². The third-order valence-electron chi connectivity index (χ3n) is 5.14. The lowest BCUT2D eigenvalue weighted by Crippen LogP contribution is -2.35. The average Bonchev–Trinajstić information content (AvgIpc) is 2.71. The molecule has 0 bridgehead atoms. The number of hydrogen-bond donors (Lipinski definition) is 2. The topological polar surface area (TPSA) is 147 Å². The van der Waals surface area contributed by atoms with Crippen LogP contribution in [-0.2, 0) is 0 Å². The van der Waals surface area contributed by atoms with Gasteiger partial charge in [0, 0.05) is 0 Å². The molecule has 0 atom stereocenters. The Bertz CT molecular complexity index is 1430. The zero-order chi connectivity index (χ0) is 26.3. The molecule has 18 heteroatoms. The summed E-state index contributed by atoms with van der Waals surface area (Å²) in [6, 6.07) is 4.17. The molecule has 0 fully saturated rings. The molecule has 0 saturated heterocycles. The van der Waals surface area contributed by atoms with Crippen LogP contribution in [-0.4, -0.2) is 76.9 Å². The van der Waals surface area contributed by atoms with Crippen LogP contribution in [0.3, 0.4) is 0 Å². The summed E-state index contributed by atoms with van der Waals surface area (Å²) in [5, 5.41) is 22.8. The van der Waals surface area contributed by atoms with Gasteiger partial charge < -0.3 is 9.84 Å². The largest absolute Gasteiger partial charge is 0.504 e. The van der Waals surface area contributed by atoms with E-state index in [2.05, 4.69) is 62.1 Å². The van der Waals surface area contributed by atoms with Crippen molar-refractivity contribution in [2.75, 3.05) is 0 Å². The first-order chi connectivity index (χ1) is 16.1. The lowest BCUT2D eigenvalue weighted by molar-refractivity contribution is 0.413. The summed E-state index contributed by atoms with van der Waals surface area (Å²) in [4.78, 5) is 34.3. The van der Waals surface area contributed by atoms with E-state index < -0.39 is 16.9 Å². The number of aromatic hydroxyl groups is 1. The first-order valence-electron chi connectivity index (χ1n) is 10.5. The van der Waals surface area contributed by atoms with Crippen molar-refractivity contribution in [1.82, 2.24) is 24.7 Å². The Labute approximate surface area is 215 Å². The predicted molar refractivity (Wildman–Crippen MR) is 148 cm³/mol. The lowest BCUT2D eigenvalue weighted by atomic mass is 9.25. The van der Waals surface area contributed by atoms with E-state index in [9.17, 15) is 14.7 Å². The predicted octanol–water partition coefficient (Wildman–Crippen LogP) is -3.58. The highest BCUT2D eigenvalue weighted by molar-refractivity contribution is 6.64. The number of ether oxygens (including phenoxy) is 1. The van der Waals surface area contributed by atoms with Crippen molar-refractivity contribution in [2.45, 2.75) is 16.1 Å². The van der Waals surface area contributed by atoms with Crippen molar-refractivity contribution in [2.24, 2.45) is 0 Å². The van der Waals surface area contributed by atoms with Crippen LogP contribution in [0, 0.1) is 11.3 Å². The summed E-state index contributed by atoms with van der Waals surface area (Å²) in [7, 11) is 12.3. The summed E-state index contributed by atoms with van der Waals surface area (Å²) >= 11 is 12.8. The van der Waals surface area contributed by atoms with Crippen LogP contribution >= 0.6 is 23.2 Å². The maximum absolute atomic E-state index is 12.2. The normalized spacial score (nSPS) is 11.8. The van der Waals surface area contributed by atoms with Crippen LogP contribution in [0.15, 0.2) is 27.9 Å². The Balaban J connectivity index is 2.06. The molecule has 0 radical (unpaired) electrons. The van der Waals surface area contributed by atoms with E-state index in [-0.39, 0.29) is 49.4 Å². The molecule has 0 unspecified atom stereocenters. The third-order valence-corrected chi connectivity index (χ3v) is 5.70. The highest BCUT2D eigenvalue weighted by atomic mass is 35.5. The molecule has 35 heavy (non-hydrogen) atoms. The van der Waals surface area contributed by atoms with Gasteiger partial charge in [0.25, 0.3) is 5.56 Å². The molecule has 0 aliphatic rings. The fraction of sp³-hybridized carbons (Fsp3) is 0.176. The van der Waals surface area contributed by atoms with E-state index >= 15 is 0 Å². The van der Waals surface area contributed by atoms with Crippen LogP contribution in [0.25, 0.3) is 5.69 Å². The van der Waals surface area contributed by atoms with Gasteiger partial charge in [0.05, 0.1) is 74.7 Å². The first-order valence-corrected chi connectivity index (χ1v) is 11.3. The minimum Gasteiger partial charge on any atom is -0.504 e. The zero-order valence-corrected chi connectivity index (χ0v) is 21.5. The summed E-state index contributed by atoms with van der Waals surface area (Å²) in [6.45, 7) is 0. The van der Waals surface area contributed by atoms with Crippen molar-refractivity contribution in [3.05, 3.63) is 60.6 Å². The molecule has 2 N–H and O–H groups in total. The van der Waals surface area contributed by atoms with Crippen LogP contribution in [0.5, 0.6) is 17.5 Å². The van der Waals surface area contributed by atoms with Crippen LogP contribution in [0.1, 0.15) is 17.3 Å². The highest BCUT2D eigenvalue weighted by Crippen LogP contribution is 2.48. The molecule has 2 aromatic heterocycles. The smallest absolute Gasteiger partial charge is 0.349 e. The molecular formula is C17H18B6Cl2N6O4. The summed E-state index contributed by atoms with van der Waals surface area (Å²) in [5.41, 5.74) is -1.77. The van der Waals surface area contributed by atoms with Gasteiger partial charge in [-0.1, -0.05) is 23.2 Å². The maximum atomic E-state index is 12.2. The molecule has 172 valence electrons. The molecule has 0 saturated carbocycles. The highest BCUT2D eigenvalue weighted by Gasteiger charge is 2.38. The number of nitrogens with zero attached hydrogens (tertiary/aromatic N) is 5. The number of hydrogen-bond acceptors (Lipinski definition) is 8. The van der Waals surface area contributed by atoms with Crippen molar-refractivity contribution in [3.63, 3.8) is 0 Å². The van der Waals surface area contributed by atoms with Gasteiger partial charge in [-0.25, -0.2) is 4.79 Å². The molecule has 0 spiro atoms. The number of H-pyrrole nitrogens is 1. The standard InChI is InChI=1S/C17H18B6Cl2N6O4/c18-16(19,20)12(17(21,22)23)10-9(32)4-27-14(28-10)35-11-6(24)1-5(2-7(11)25)31-15(34)29-13(33)8(3-26)30-31/h1-2,4,12,32H,18-23H2,(H,29,33,34). The number of halogens is 2. The van der Waals surface area contributed by atoms with Gasteiger partial charge in [-0.2, -0.15) is 19.9 Å². The van der Waals surface area contributed by atoms with E-state index in [1.165, 1.54) is 18.3 Å². The molecule has 0 aliphatic heterocycles. The van der Waals surface area contributed by atoms with Crippen molar-refractivity contribution in [3.8, 4) is 29.3 Å². The molecule has 3 aromatic rings. The van der Waals surface area contributed by atoms with Crippen LogP contribution in [0.4, 0.5) is 0 Å². The molecule has 10 nitrogen and oxygen atoms in total. The second kappa shape index (κ2) is 9.55. The lowest BCUT2D eigenvalue weighted by Gasteiger charge is -2.41. The van der Waals surface area contributed by atoms with Gasteiger partial charge >= 0.3 is 11.7 Å². The van der Waals surface area contributed by atoms with Gasteiger partial charge in [-0.05, 0) is 18.1 Å².